The van der Waals surface area contributed by atoms with E-state index in [0.29, 0.717) is 11.5 Å². The van der Waals surface area contributed by atoms with E-state index in [1.54, 1.807) is 0 Å². The predicted molar refractivity (Wildman–Crippen MR) is 78.6 cm³/mol. The maximum absolute atomic E-state index is 9.63. The van der Waals surface area contributed by atoms with Crippen molar-refractivity contribution in [2.45, 2.75) is 38.3 Å². The smallest absolute Gasteiger partial charge is 0.170 e. The molecule has 5 N–H and O–H groups in total. The number of rotatable bonds is 5. The van der Waals surface area contributed by atoms with Crippen molar-refractivity contribution in [3.8, 4) is 0 Å². The fraction of sp³-hybridized carbons (Fsp3) is 0.533. The number of nitrogens with zero attached hydrogens (tertiary/aromatic N) is 1. The van der Waals surface area contributed by atoms with Gasteiger partial charge in [-0.25, -0.2) is 0 Å². The van der Waals surface area contributed by atoms with Gasteiger partial charge >= 0.3 is 0 Å². The molecule has 0 saturated heterocycles. The summed E-state index contributed by atoms with van der Waals surface area (Å²) in [5.74, 6) is 0.705. The molecule has 0 heterocycles. The van der Waals surface area contributed by atoms with Gasteiger partial charge in [0.15, 0.2) is 5.84 Å². The van der Waals surface area contributed by atoms with E-state index in [4.69, 9.17) is 10.9 Å². The maximum Gasteiger partial charge on any atom is 0.170 e. The number of amidine groups is 1. The Balaban J connectivity index is 1.76. The second kappa shape index (κ2) is 7.26. The van der Waals surface area contributed by atoms with Crippen molar-refractivity contribution in [1.29, 1.82) is 0 Å². The molecule has 0 amide bonds. The highest BCUT2D eigenvalue weighted by molar-refractivity contribution is 5.96. The number of nitrogens with two attached hydrogens (primary N) is 1. The molecule has 0 aliphatic heterocycles. The Labute approximate surface area is 119 Å². The highest BCUT2D eigenvalue weighted by atomic mass is 16.4. The summed E-state index contributed by atoms with van der Waals surface area (Å²) in [7, 11) is 0. The first-order valence-corrected chi connectivity index (χ1v) is 7.14. The van der Waals surface area contributed by atoms with Crippen molar-refractivity contribution in [3.63, 3.8) is 0 Å². The molecule has 1 saturated carbocycles. The molecule has 0 spiro atoms. The molecule has 0 radical (unpaired) electrons. The van der Waals surface area contributed by atoms with Gasteiger partial charge in [0.25, 0.3) is 0 Å². The quantitative estimate of drug-likeness (QED) is 0.283. The van der Waals surface area contributed by atoms with Gasteiger partial charge in [-0.3, -0.25) is 0 Å². The monoisotopic (exact) mass is 277 g/mol. The van der Waals surface area contributed by atoms with E-state index in [1.807, 2.05) is 24.3 Å². The van der Waals surface area contributed by atoms with Gasteiger partial charge in [0.1, 0.15) is 0 Å². The molecule has 0 bridgehead atoms. The molecule has 5 nitrogen and oxygen atoms in total. The summed E-state index contributed by atoms with van der Waals surface area (Å²) in [4.78, 5) is 0. The van der Waals surface area contributed by atoms with Crippen LogP contribution in [-0.2, 0) is 6.54 Å². The topological polar surface area (TPSA) is 90.9 Å². The van der Waals surface area contributed by atoms with Gasteiger partial charge in [-0.15, -0.1) is 0 Å². The lowest BCUT2D eigenvalue weighted by atomic mass is 9.87. The molecule has 1 aliphatic rings. The van der Waals surface area contributed by atoms with Gasteiger partial charge in [-0.05, 0) is 37.3 Å². The number of hydrogen-bond acceptors (Lipinski definition) is 4. The molecule has 20 heavy (non-hydrogen) atoms. The molecule has 5 heteroatoms. The average molecular weight is 277 g/mol. The minimum atomic E-state index is -0.115. The van der Waals surface area contributed by atoms with Crippen molar-refractivity contribution in [2.24, 2.45) is 16.8 Å². The first-order chi connectivity index (χ1) is 9.69. The normalized spacial score (nSPS) is 23.8. The van der Waals surface area contributed by atoms with Gasteiger partial charge in [-0.2, -0.15) is 0 Å². The third-order valence-electron chi connectivity index (χ3n) is 3.87. The van der Waals surface area contributed by atoms with E-state index < -0.39 is 0 Å². The van der Waals surface area contributed by atoms with Gasteiger partial charge in [0.05, 0.1) is 6.10 Å². The van der Waals surface area contributed by atoms with Crippen LogP contribution in [0.3, 0.4) is 0 Å². The number of aliphatic hydroxyl groups is 1. The molecular weight excluding hydrogens is 254 g/mol. The summed E-state index contributed by atoms with van der Waals surface area (Å²) in [6, 6.07) is 7.62. The first-order valence-electron chi connectivity index (χ1n) is 7.14. The number of aliphatic hydroxyl groups excluding tert-OH is 1. The Bertz CT molecular complexity index is 445. The van der Waals surface area contributed by atoms with Gasteiger partial charge in [-0.1, -0.05) is 35.8 Å². The second-order valence-corrected chi connectivity index (χ2v) is 5.50. The van der Waals surface area contributed by atoms with Gasteiger partial charge in [0, 0.05) is 12.1 Å². The number of oxime groups is 1. The van der Waals surface area contributed by atoms with Crippen molar-refractivity contribution >= 4 is 5.84 Å². The molecule has 1 aromatic carbocycles. The fourth-order valence-corrected chi connectivity index (χ4v) is 2.72. The van der Waals surface area contributed by atoms with Crippen LogP contribution >= 0.6 is 0 Å². The molecule has 0 aromatic heterocycles. The lowest BCUT2D eigenvalue weighted by Crippen LogP contribution is -2.28. The summed E-state index contributed by atoms with van der Waals surface area (Å²) >= 11 is 0. The van der Waals surface area contributed by atoms with E-state index in [9.17, 15) is 5.11 Å². The average Bonchev–Trinajstić information content (AvgIpc) is 2.47. The van der Waals surface area contributed by atoms with Crippen LogP contribution in [0, 0.1) is 5.92 Å². The van der Waals surface area contributed by atoms with Crippen LogP contribution in [0.2, 0.25) is 0 Å². The van der Waals surface area contributed by atoms with E-state index in [0.717, 1.165) is 37.9 Å². The van der Waals surface area contributed by atoms with Gasteiger partial charge < -0.3 is 21.4 Å². The predicted octanol–water partition coefficient (Wildman–Crippen LogP) is 1.42. The third kappa shape index (κ3) is 4.21. The Morgan fingerprint density at radius 1 is 1.30 bits per heavy atom. The van der Waals surface area contributed by atoms with E-state index in [2.05, 4.69) is 10.5 Å². The lowest BCUT2D eigenvalue weighted by molar-refractivity contribution is 0.101. The second-order valence-electron chi connectivity index (χ2n) is 5.50. The summed E-state index contributed by atoms with van der Waals surface area (Å²) in [6.07, 6.45) is 4.07. The van der Waals surface area contributed by atoms with Crippen LogP contribution in [0.1, 0.15) is 36.8 Å². The SMILES string of the molecule is N/C(=N/O)c1ccc(CNCC2CCCC(O)C2)cc1. The zero-order valence-corrected chi connectivity index (χ0v) is 11.6. The largest absolute Gasteiger partial charge is 0.409 e. The minimum absolute atomic E-state index is 0.115. The maximum atomic E-state index is 9.63. The van der Waals surface area contributed by atoms with Crippen LogP contribution in [0.15, 0.2) is 29.4 Å². The van der Waals surface area contributed by atoms with Crippen LogP contribution in [0.4, 0.5) is 0 Å². The Morgan fingerprint density at radius 3 is 2.70 bits per heavy atom. The highest BCUT2D eigenvalue weighted by Crippen LogP contribution is 2.23. The summed E-state index contributed by atoms with van der Waals surface area (Å²) < 4.78 is 0. The third-order valence-corrected chi connectivity index (χ3v) is 3.87. The van der Waals surface area contributed by atoms with Crippen molar-refractivity contribution < 1.29 is 10.3 Å². The minimum Gasteiger partial charge on any atom is -0.409 e. The van der Waals surface area contributed by atoms with E-state index in [1.165, 1.54) is 6.42 Å². The van der Waals surface area contributed by atoms with Crippen molar-refractivity contribution in [1.82, 2.24) is 5.32 Å². The molecule has 1 aliphatic carbocycles. The molecule has 110 valence electrons. The number of benzene rings is 1. The summed E-state index contributed by atoms with van der Waals surface area (Å²) in [5.41, 5.74) is 7.39. The molecule has 2 atom stereocenters. The van der Waals surface area contributed by atoms with Crippen LogP contribution in [0.5, 0.6) is 0 Å². The number of hydrogen-bond donors (Lipinski definition) is 4. The van der Waals surface area contributed by atoms with Crippen molar-refractivity contribution in [3.05, 3.63) is 35.4 Å². The zero-order valence-electron chi connectivity index (χ0n) is 11.6. The first kappa shape index (κ1) is 14.8. The van der Waals surface area contributed by atoms with Gasteiger partial charge in [0.2, 0.25) is 0 Å². The Kier molecular flexibility index (Phi) is 5.38. The van der Waals surface area contributed by atoms with Crippen LogP contribution in [-0.4, -0.2) is 28.8 Å². The molecule has 1 fully saturated rings. The number of nitrogens with one attached hydrogen (secondary N) is 1. The standard InChI is InChI=1S/C15H23N3O2/c16-15(18-20)13-6-4-11(5-7-13)9-17-10-12-2-1-3-14(19)8-12/h4-7,12,14,17,19-20H,1-3,8-10H2,(H2,16,18). The van der Waals surface area contributed by atoms with E-state index in [-0.39, 0.29) is 11.9 Å². The van der Waals surface area contributed by atoms with Crippen LogP contribution < -0.4 is 11.1 Å². The molecule has 2 rings (SSSR count). The highest BCUT2D eigenvalue weighted by Gasteiger charge is 2.19. The summed E-state index contributed by atoms with van der Waals surface area (Å²) in [5, 5.41) is 24.6. The lowest BCUT2D eigenvalue weighted by Gasteiger charge is -2.26. The fourth-order valence-electron chi connectivity index (χ4n) is 2.72. The van der Waals surface area contributed by atoms with Crippen molar-refractivity contribution in [2.75, 3.05) is 6.54 Å². The molecule has 2 unspecified atom stereocenters. The van der Waals surface area contributed by atoms with E-state index >= 15 is 0 Å². The summed E-state index contributed by atoms with van der Waals surface area (Å²) in [6.45, 7) is 1.74. The molecular formula is C15H23N3O2. The Morgan fingerprint density at radius 2 is 2.05 bits per heavy atom. The van der Waals surface area contributed by atoms with Crippen LogP contribution in [0.25, 0.3) is 0 Å². The Hall–Kier alpha value is -1.59. The molecule has 1 aromatic rings. The zero-order chi connectivity index (χ0) is 14.4.